The minimum Gasteiger partial charge on any atom is -0.496 e. The van der Waals surface area contributed by atoms with Crippen molar-refractivity contribution in [1.29, 1.82) is 0 Å². The molecule has 0 saturated heterocycles. The van der Waals surface area contributed by atoms with E-state index in [0.717, 1.165) is 5.56 Å². The second-order valence-electron chi connectivity index (χ2n) is 4.82. The lowest BCUT2D eigenvalue weighted by Crippen LogP contribution is -2.34. The Bertz CT molecular complexity index is 386. The summed E-state index contributed by atoms with van der Waals surface area (Å²) in [5.74, 6) is 0.215. The number of ether oxygens (including phenoxy) is 2. The topological polar surface area (TPSA) is 44.5 Å². The summed E-state index contributed by atoms with van der Waals surface area (Å²) in [4.78, 5) is 0. The fourth-order valence-electron chi connectivity index (χ4n) is 1.82. The molecule has 4 heteroatoms. The van der Waals surface area contributed by atoms with Gasteiger partial charge in [0.2, 0.25) is 0 Å². The minimum absolute atomic E-state index is 0.188. The maximum Gasteiger partial charge on any atom is 0.132 e. The van der Waals surface area contributed by atoms with Gasteiger partial charge in [-0.3, -0.25) is 0 Å². The van der Waals surface area contributed by atoms with Gasteiger partial charge < -0.3 is 15.2 Å². The Kier molecular flexibility index (Phi) is 4.48. The predicted octanol–water partition coefficient (Wildman–Crippen LogP) is 2.26. The summed E-state index contributed by atoms with van der Waals surface area (Å²) in [6.45, 7) is 4.03. The van der Waals surface area contributed by atoms with Crippen LogP contribution in [0, 0.1) is 5.82 Å². The number of benzene rings is 1. The maximum atomic E-state index is 13.6. The third kappa shape index (κ3) is 3.68. The van der Waals surface area contributed by atoms with Crippen LogP contribution in [-0.4, -0.2) is 19.8 Å². The third-order valence-electron chi connectivity index (χ3n) is 2.42. The van der Waals surface area contributed by atoms with E-state index < -0.39 is 0 Å². The predicted molar refractivity (Wildman–Crippen MR) is 65.6 cm³/mol. The zero-order chi connectivity index (χ0) is 13.1. The highest BCUT2D eigenvalue weighted by Gasteiger charge is 2.19. The summed E-state index contributed by atoms with van der Waals surface area (Å²) in [5.41, 5.74) is 6.95. The second kappa shape index (κ2) is 5.47. The summed E-state index contributed by atoms with van der Waals surface area (Å²) < 4.78 is 23.9. The molecule has 0 fully saturated rings. The normalized spacial score (nSPS) is 11.6. The summed E-state index contributed by atoms with van der Waals surface area (Å²) in [5, 5.41) is 0. The summed E-state index contributed by atoms with van der Waals surface area (Å²) in [6.07, 6.45) is 0.618. The molecule has 0 atom stereocenters. The monoisotopic (exact) mass is 241 g/mol. The van der Waals surface area contributed by atoms with E-state index in [1.54, 1.807) is 6.07 Å². The van der Waals surface area contributed by atoms with Gasteiger partial charge in [-0.25, -0.2) is 4.39 Å². The lowest BCUT2D eigenvalue weighted by Gasteiger charge is -2.21. The Hall–Kier alpha value is -1.13. The molecule has 0 bridgehead atoms. The molecule has 3 nitrogen and oxygen atoms in total. The molecule has 17 heavy (non-hydrogen) atoms. The van der Waals surface area contributed by atoms with Crippen molar-refractivity contribution in [3.8, 4) is 5.75 Å². The fourth-order valence-corrected chi connectivity index (χ4v) is 1.82. The molecule has 0 aliphatic carbocycles. The average molecular weight is 241 g/mol. The Labute approximate surface area is 102 Å². The molecule has 0 saturated carbocycles. The van der Waals surface area contributed by atoms with Gasteiger partial charge in [0.1, 0.15) is 11.6 Å². The zero-order valence-corrected chi connectivity index (χ0v) is 10.8. The first kappa shape index (κ1) is 13.9. The van der Waals surface area contributed by atoms with Gasteiger partial charge in [-0.1, -0.05) is 6.07 Å². The van der Waals surface area contributed by atoms with Crippen LogP contribution < -0.4 is 10.5 Å². The summed E-state index contributed by atoms with van der Waals surface area (Å²) in [7, 11) is 3.05. The van der Waals surface area contributed by atoms with E-state index in [4.69, 9.17) is 15.2 Å². The number of halogens is 1. The molecule has 1 aromatic rings. The molecule has 0 radical (unpaired) electrons. The van der Waals surface area contributed by atoms with E-state index in [0.29, 0.717) is 17.7 Å². The van der Waals surface area contributed by atoms with Crippen LogP contribution in [0.3, 0.4) is 0 Å². The lowest BCUT2D eigenvalue weighted by molar-refractivity contribution is 0.177. The molecule has 1 aromatic carbocycles. The Morgan fingerprint density at radius 3 is 2.41 bits per heavy atom. The van der Waals surface area contributed by atoms with Crippen molar-refractivity contribution in [2.45, 2.75) is 32.4 Å². The lowest BCUT2D eigenvalue weighted by atomic mass is 9.94. The van der Waals surface area contributed by atoms with Crippen molar-refractivity contribution in [3.63, 3.8) is 0 Å². The number of nitrogens with two attached hydrogens (primary N) is 1. The highest BCUT2D eigenvalue weighted by Crippen LogP contribution is 2.29. The summed E-state index contributed by atoms with van der Waals surface area (Å²) >= 11 is 0. The molecular weight excluding hydrogens is 221 g/mol. The van der Waals surface area contributed by atoms with Crippen LogP contribution in [0.1, 0.15) is 25.0 Å². The van der Waals surface area contributed by atoms with E-state index in [1.165, 1.54) is 20.3 Å². The summed E-state index contributed by atoms with van der Waals surface area (Å²) in [6, 6.07) is 3.14. The van der Waals surface area contributed by atoms with Crippen molar-refractivity contribution in [1.82, 2.24) is 0 Å². The van der Waals surface area contributed by atoms with Crippen LogP contribution in [-0.2, 0) is 17.8 Å². The van der Waals surface area contributed by atoms with Gasteiger partial charge >= 0.3 is 0 Å². The van der Waals surface area contributed by atoms with Crippen molar-refractivity contribution in [2.24, 2.45) is 5.73 Å². The molecule has 0 aliphatic rings. The number of hydrogen-bond donors (Lipinski definition) is 1. The quantitative estimate of drug-likeness (QED) is 0.860. The van der Waals surface area contributed by atoms with E-state index in [9.17, 15) is 4.39 Å². The highest BCUT2D eigenvalue weighted by molar-refractivity contribution is 5.43. The van der Waals surface area contributed by atoms with Gasteiger partial charge in [0.25, 0.3) is 0 Å². The van der Waals surface area contributed by atoms with E-state index in [1.807, 2.05) is 13.8 Å². The van der Waals surface area contributed by atoms with Gasteiger partial charge in [-0.05, 0) is 31.9 Å². The molecule has 0 aromatic heterocycles. The van der Waals surface area contributed by atoms with Crippen LogP contribution in [0.25, 0.3) is 0 Å². The molecule has 96 valence electrons. The Balaban J connectivity index is 3.18. The molecule has 0 heterocycles. The number of hydrogen-bond acceptors (Lipinski definition) is 3. The second-order valence-corrected chi connectivity index (χ2v) is 4.82. The van der Waals surface area contributed by atoms with E-state index in [-0.39, 0.29) is 18.0 Å². The number of methoxy groups -OCH3 is 2. The first-order valence-corrected chi connectivity index (χ1v) is 5.51. The van der Waals surface area contributed by atoms with Crippen LogP contribution >= 0.6 is 0 Å². The van der Waals surface area contributed by atoms with Crippen molar-refractivity contribution >= 4 is 0 Å². The minimum atomic E-state index is -0.366. The van der Waals surface area contributed by atoms with Crippen LogP contribution in [0.15, 0.2) is 12.1 Å². The zero-order valence-electron chi connectivity index (χ0n) is 10.8. The van der Waals surface area contributed by atoms with Gasteiger partial charge in [-0.15, -0.1) is 0 Å². The van der Waals surface area contributed by atoms with Crippen molar-refractivity contribution in [3.05, 3.63) is 29.1 Å². The molecule has 0 amide bonds. The van der Waals surface area contributed by atoms with Crippen LogP contribution in [0.2, 0.25) is 0 Å². The van der Waals surface area contributed by atoms with Crippen molar-refractivity contribution < 1.29 is 13.9 Å². The SMILES string of the molecule is COCc1c(F)ccc(CC(C)(C)N)c1OC. The Morgan fingerprint density at radius 2 is 1.94 bits per heavy atom. The van der Waals surface area contributed by atoms with Gasteiger partial charge in [0.05, 0.1) is 19.3 Å². The first-order chi connectivity index (χ1) is 7.89. The molecule has 0 spiro atoms. The van der Waals surface area contributed by atoms with Crippen LogP contribution in [0.5, 0.6) is 5.75 Å². The average Bonchev–Trinajstić information content (AvgIpc) is 2.21. The first-order valence-electron chi connectivity index (χ1n) is 5.51. The maximum absolute atomic E-state index is 13.6. The Morgan fingerprint density at radius 1 is 1.29 bits per heavy atom. The molecule has 2 N–H and O–H groups in total. The fraction of sp³-hybridized carbons (Fsp3) is 0.538. The number of rotatable bonds is 5. The molecule has 0 aliphatic heterocycles. The molecule has 0 unspecified atom stereocenters. The standard InChI is InChI=1S/C13H20FNO2/c1-13(2,15)7-9-5-6-11(14)10(8-16-3)12(9)17-4/h5-6H,7-8,15H2,1-4H3. The van der Waals surface area contributed by atoms with E-state index in [2.05, 4.69) is 0 Å². The smallest absolute Gasteiger partial charge is 0.132 e. The van der Waals surface area contributed by atoms with Gasteiger partial charge in [0.15, 0.2) is 0 Å². The third-order valence-corrected chi connectivity index (χ3v) is 2.42. The molecular formula is C13H20FNO2. The van der Waals surface area contributed by atoms with Gasteiger partial charge in [0, 0.05) is 12.6 Å². The largest absolute Gasteiger partial charge is 0.496 e. The van der Waals surface area contributed by atoms with E-state index >= 15 is 0 Å². The highest BCUT2D eigenvalue weighted by atomic mass is 19.1. The van der Waals surface area contributed by atoms with Crippen LogP contribution in [0.4, 0.5) is 4.39 Å². The van der Waals surface area contributed by atoms with Gasteiger partial charge in [-0.2, -0.15) is 0 Å². The molecule has 1 rings (SSSR count). The van der Waals surface area contributed by atoms with Crippen molar-refractivity contribution in [2.75, 3.05) is 14.2 Å².